The van der Waals surface area contributed by atoms with Crippen molar-refractivity contribution in [2.24, 2.45) is 0 Å². The van der Waals surface area contributed by atoms with Gasteiger partial charge in [0.25, 0.3) is 0 Å². The van der Waals surface area contributed by atoms with Gasteiger partial charge in [0.15, 0.2) is 0 Å². The lowest BCUT2D eigenvalue weighted by Gasteiger charge is -2.22. The quantitative estimate of drug-likeness (QED) is 0.114. The third-order valence-electron chi connectivity index (χ3n) is 8.49. The molecule has 226 valence electrons. The molecule has 40 heavy (non-hydrogen) atoms. The molecule has 0 aliphatic carbocycles. The van der Waals surface area contributed by atoms with E-state index in [9.17, 15) is 0 Å². The molecule has 0 aromatic heterocycles. The van der Waals surface area contributed by atoms with Crippen LogP contribution in [0.4, 0.5) is 0 Å². The second-order valence-corrected chi connectivity index (χ2v) is 12.4. The van der Waals surface area contributed by atoms with E-state index in [-0.39, 0.29) is 0 Å². The fraction of sp³-hybridized carbons (Fsp3) is 0.684. The lowest BCUT2D eigenvalue weighted by Crippen LogP contribution is -2.20. The lowest BCUT2D eigenvalue weighted by molar-refractivity contribution is 0.315. The van der Waals surface area contributed by atoms with Crippen LogP contribution in [0.3, 0.4) is 0 Å². The van der Waals surface area contributed by atoms with Gasteiger partial charge in [0, 0.05) is 13.1 Å². The summed E-state index contributed by atoms with van der Waals surface area (Å²) in [6, 6.07) is 18.2. The normalized spacial score (nSPS) is 11.7. The van der Waals surface area contributed by atoms with Gasteiger partial charge in [-0.15, -0.1) is 0 Å². The van der Waals surface area contributed by atoms with Crippen LogP contribution in [0.15, 0.2) is 48.5 Å². The van der Waals surface area contributed by atoms with Crippen molar-refractivity contribution in [1.29, 1.82) is 0 Å². The molecule has 0 fully saturated rings. The standard InChI is InChI=1S/C38H64N2/c1-5-7-9-11-13-15-17-19-25-31-39(3)33-35-27-21-23-29-37(35)38-30-24-22-28-36(38)34-40(4)32-26-20-18-16-14-12-10-8-6-2/h21-24,27-30H,5-20,25-26,31-34H2,1-4H3. The number of hydrogen-bond donors (Lipinski definition) is 0. The van der Waals surface area contributed by atoms with E-state index in [1.165, 1.54) is 151 Å². The van der Waals surface area contributed by atoms with E-state index >= 15 is 0 Å². The van der Waals surface area contributed by atoms with Crippen LogP contribution in [0, 0.1) is 0 Å². The molecule has 2 nitrogen and oxygen atoms in total. The highest BCUT2D eigenvalue weighted by Crippen LogP contribution is 2.29. The minimum atomic E-state index is 1.02. The monoisotopic (exact) mass is 549 g/mol. The van der Waals surface area contributed by atoms with Gasteiger partial charge in [-0.25, -0.2) is 0 Å². The van der Waals surface area contributed by atoms with Gasteiger partial charge in [-0.05, 0) is 62.3 Å². The fourth-order valence-electron chi connectivity index (χ4n) is 5.97. The highest BCUT2D eigenvalue weighted by molar-refractivity contribution is 5.70. The van der Waals surface area contributed by atoms with Crippen molar-refractivity contribution in [2.45, 2.75) is 143 Å². The zero-order chi connectivity index (χ0) is 28.7. The Hall–Kier alpha value is -1.64. The molecule has 0 heterocycles. The van der Waals surface area contributed by atoms with Crippen LogP contribution < -0.4 is 0 Å². The Morgan fingerprint density at radius 1 is 0.400 bits per heavy atom. The van der Waals surface area contributed by atoms with Crippen LogP contribution in [0.5, 0.6) is 0 Å². The van der Waals surface area contributed by atoms with Gasteiger partial charge >= 0.3 is 0 Å². The molecular formula is C38H64N2. The third-order valence-corrected chi connectivity index (χ3v) is 8.49. The maximum Gasteiger partial charge on any atom is 0.0236 e. The summed E-state index contributed by atoms with van der Waals surface area (Å²) in [6.07, 6.45) is 25.1. The Balaban J connectivity index is 1.78. The van der Waals surface area contributed by atoms with E-state index in [1.807, 2.05) is 0 Å². The summed E-state index contributed by atoms with van der Waals surface area (Å²) in [4.78, 5) is 5.05. The highest BCUT2D eigenvalue weighted by atomic mass is 15.1. The Kier molecular flexibility index (Phi) is 19.9. The van der Waals surface area contributed by atoms with Crippen molar-refractivity contribution < 1.29 is 0 Å². The molecule has 0 bridgehead atoms. The Bertz CT molecular complexity index is 789. The van der Waals surface area contributed by atoms with Crippen LogP contribution in [-0.2, 0) is 13.1 Å². The summed E-state index contributed by atoms with van der Waals surface area (Å²) in [5, 5.41) is 0. The predicted octanol–water partition coefficient (Wildman–Crippen LogP) is 11.3. The molecule has 0 atom stereocenters. The molecule has 0 saturated heterocycles. The fourth-order valence-corrected chi connectivity index (χ4v) is 5.97. The zero-order valence-electron chi connectivity index (χ0n) is 27.1. The second-order valence-electron chi connectivity index (χ2n) is 12.4. The van der Waals surface area contributed by atoms with Gasteiger partial charge in [0.2, 0.25) is 0 Å². The highest BCUT2D eigenvalue weighted by Gasteiger charge is 2.12. The first-order valence-corrected chi connectivity index (χ1v) is 17.2. The largest absolute Gasteiger partial charge is 0.302 e. The van der Waals surface area contributed by atoms with Gasteiger partial charge in [0.1, 0.15) is 0 Å². The molecule has 2 aromatic rings. The van der Waals surface area contributed by atoms with Crippen LogP contribution in [0.25, 0.3) is 11.1 Å². The Morgan fingerprint density at radius 3 is 1.05 bits per heavy atom. The van der Waals surface area contributed by atoms with Crippen molar-refractivity contribution in [3.05, 3.63) is 59.7 Å². The molecule has 0 N–H and O–H groups in total. The van der Waals surface area contributed by atoms with Gasteiger partial charge in [-0.3, -0.25) is 0 Å². The SMILES string of the molecule is CCCCCCCCCCCN(C)Cc1ccccc1-c1ccccc1CN(C)CCCCCCCCCCC. The average molecular weight is 549 g/mol. The summed E-state index contributed by atoms with van der Waals surface area (Å²) >= 11 is 0. The molecule has 0 radical (unpaired) electrons. The predicted molar refractivity (Wildman–Crippen MR) is 179 cm³/mol. The first-order chi connectivity index (χ1) is 19.7. The lowest BCUT2D eigenvalue weighted by atomic mass is 9.94. The number of unbranched alkanes of at least 4 members (excludes halogenated alkanes) is 16. The van der Waals surface area contributed by atoms with Gasteiger partial charge in [-0.2, -0.15) is 0 Å². The van der Waals surface area contributed by atoms with Crippen LogP contribution in [0.1, 0.15) is 141 Å². The zero-order valence-corrected chi connectivity index (χ0v) is 27.1. The van der Waals surface area contributed by atoms with Gasteiger partial charge < -0.3 is 9.80 Å². The van der Waals surface area contributed by atoms with Crippen LogP contribution >= 0.6 is 0 Å². The number of nitrogens with zero attached hydrogens (tertiary/aromatic N) is 2. The summed E-state index contributed by atoms with van der Waals surface area (Å²) in [5.74, 6) is 0. The molecule has 0 aliphatic rings. The van der Waals surface area contributed by atoms with E-state index < -0.39 is 0 Å². The topological polar surface area (TPSA) is 6.48 Å². The number of rotatable bonds is 25. The molecule has 0 aliphatic heterocycles. The molecule has 0 amide bonds. The summed E-state index contributed by atoms with van der Waals surface area (Å²) < 4.78 is 0. The molecule has 2 aromatic carbocycles. The summed E-state index contributed by atoms with van der Waals surface area (Å²) in [5.41, 5.74) is 5.73. The maximum absolute atomic E-state index is 2.53. The van der Waals surface area contributed by atoms with Crippen molar-refractivity contribution in [3.8, 4) is 11.1 Å². The van der Waals surface area contributed by atoms with Crippen molar-refractivity contribution in [2.75, 3.05) is 27.2 Å². The third kappa shape index (κ3) is 15.4. The van der Waals surface area contributed by atoms with E-state index in [2.05, 4.69) is 86.3 Å². The van der Waals surface area contributed by atoms with Crippen molar-refractivity contribution >= 4 is 0 Å². The average Bonchev–Trinajstić information content (AvgIpc) is 2.96. The van der Waals surface area contributed by atoms with Crippen molar-refractivity contribution in [3.63, 3.8) is 0 Å². The molecule has 2 heteroatoms. The van der Waals surface area contributed by atoms with Gasteiger partial charge in [-0.1, -0.05) is 165 Å². The summed E-state index contributed by atoms with van der Waals surface area (Å²) in [6.45, 7) is 9.02. The van der Waals surface area contributed by atoms with E-state index in [0.29, 0.717) is 0 Å². The Labute approximate surface area is 249 Å². The molecule has 0 unspecified atom stereocenters. The Morgan fingerprint density at radius 2 is 0.700 bits per heavy atom. The van der Waals surface area contributed by atoms with Gasteiger partial charge in [0.05, 0.1) is 0 Å². The first-order valence-electron chi connectivity index (χ1n) is 17.2. The number of hydrogen-bond acceptors (Lipinski definition) is 2. The minimum absolute atomic E-state index is 1.02. The van der Waals surface area contributed by atoms with Crippen LogP contribution in [0.2, 0.25) is 0 Å². The van der Waals surface area contributed by atoms with Crippen molar-refractivity contribution in [1.82, 2.24) is 9.80 Å². The molecule has 0 saturated carbocycles. The van der Waals surface area contributed by atoms with E-state index in [0.717, 1.165) is 13.1 Å². The number of benzene rings is 2. The molecular weight excluding hydrogens is 484 g/mol. The minimum Gasteiger partial charge on any atom is -0.302 e. The maximum atomic E-state index is 2.53. The smallest absolute Gasteiger partial charge is 0.0236 e. The van der Waals surface area contributed by atoms with Crippen LogP contribution in [-0.4, -0.2) is 37.0 Å². The van der Waals surface area contributed by atoms with E-state index in [4.69, 9.17) is 0 Å². The second kappa shape index (κ2) is 23.0. The first kappa shape index (κ1) is 34.6. The molecule has 0 spiro atoms. The molecule has 2 rings (SSSR count). The van der Waals surface area contributed by atoms with E-state index in [1.54, 1.807) is 0 Å². The summed E-state index contributed by atoms with van der Waals surface area (Å²) in [7, 11) is 4.60.